The second-order valence-corrected chi connectivity index (χ2v) is 4.40. The number of hydrogen-bond donors (Lipinski definition) is 3. The fourth-order valence-electron chi connectivity index (χ4n) is 1.84. The molecule has 0 saturated heterocycles. The lowest BCUT2D eigenvalue weighted by Crippen LogP contribution is -2.25. The standard InChI is InChI=1S/C13H24BN3O/c15-10-11-18-13-7-5-12(6-8-13)4-2-1-3-9-14-17-16/h5-8,14,17H,1-4,9-11,15-16H2. The molecule has 0 saturated carbocycles. The van der Waals surface area contributed by atoms with Crippen LogP contribution in [0.5, 0.6) is 5.75 Å². The van der Waals surface area contributed by atoms with Gasteiger partial charge in [-0.2, -0.15) is 0 Å². The van der Waals surface area contributed by atoms with E-state index in [-0.39, 0.29) is 0 Å². The molecule has 1 rings (SSSR count). The molecule has 100 valence electrons. The Morgan fingerprint density at radius 1 is 1.11 bits per heavy atom. The van der Waals surface area contributed by atoms with Crippen molar-refractivity contribution in [3.8, 4) is 5.75 Å². The van der Waals surface area contributed by atoms with E-state index in [1.54, 1.807) is 0 Å². The number of hydrogen-bond acceptors (Lipinski definition) is 4. The van der Waals surface area contributed by atoms with Crippen molar-refractivity contribution in [2.45, 2.75) is 32.0 Å². The van der Waals surface area contributed by atoms with Gasteiger partial charge < -0.3 is 15.8 Å². The third kappa shape index (κ3) is 6.64. The van der Waals surface area contributed by atoms with Crippen LogP contribution in [0, 0.1) is 0 Å². The monoisotopic (exact) mass is 249 g/mol. The second-order valence-electron chi connectivity index (χ2n) is 4.40. The Kier molecular flexibility index (Phi) is 8.30. The summed E-state index contributed by atoms with van der Waals surface area (Å²) in [5.74, 6) is 6.11. The third-order valence-electron chi connectivity index (χ3n) is 2.85. The van der Waals surface area contributed by atoms with Gasteiger partial charge in [-0.1, -0.05) is 31.3 Å². The summed E-state index contributed by atoms with van der Waals surface area (Å²) in [6.07, 6.45) is 6.01. The van der Waals surface area contributed by atoms with Gasteiger partial charge in [0, 0.05) is 6.54 Å². The molecule has 0 aromatic heterocycles. The molecule has 0 aliphatic carbocycles. The minimum atomic E-state index is 0.555. The van der Waals surface area contributed by atoms with Gasteiger partial charge in [0.15, 0.2) is 0 Å². The quantitative estimate of drug-likeness (QED) is 0.250. The van der Waals surface area contributed by atoms with E-state index in [1.165, 1.54) is 24.8 Å². The number of nitrogens with two attached hydrogens (primary N) is 2. The zero-order valence-corrected chi connectivity index (χ0v) is 11.0. The van der Waals surface area contributed by atoms with E-state index < -0.39 is 0 Å². The van der Waals surface area contributed by atoms with Crippen molar-refractivity contribution < 1.29 is 4.74 Å². The lowest BCUT2D eigenvalue weighted by molar-refractivity contribution is 0.328. The molecule has 0 bridgehead atoms. The average Bonchev–Trinajstić information content (AvgIpc) is 2.42. The van der Waals surface area contributed by atoms with E-state index in [9.17, 15) is 0 Å². The molecular formula is C13H24BN3O. The molecule has 4 nitrogen and oxygen atoms in total. The van der Waals surface area contributed by atoms with Crippen LogP contribution in [0.15, 0.2) is 24.3 Å². The van der Waals surface area contributed by atoms with Crippen LogP contribution in [0.1, 0.15) is 24.8 Å². The largest absolute Gasteiger partial charge is 0.492 e. The van der Waals surface area contributed by atoms with Crippen LogP contribution in [-0.2, 0) is 6.42 Å². The zero-order valence-electron chi connectivity index (χ0n) is 11.0. The Morgan fingerprint density at radius 2 is 1.89 bits per heavy atom. The normalized spacial score (nSPS) is 10.3. The van der Waals surface area contributed by atoms with Gasteiger partial charge in [0.1, 0.15) is 12.4 Å². The minimum absolute atomic E-state index is 0.555. The number of unbranched alkanes of at least 4 members (excludes halogenated alkanes) is 2. The summed E-state index contributed by atoms with van der Waals surface area (Å²) in [6, 6.07) is 8.30. The summed E-state index contributed by atoms with van der Waals surface area (Å²) in [5.41, 5.74) is 6.75. The summed E-state index contributed by atoms with van der Waals surface area (Å²) in [6.45, 7) is 1.13. The summed E-state index contributed by atoms with van der Waals surface area (Å²) in [5, 5.41) is 2.68. The molecule has 18 heavy (non-hydrogen) atoms. The lowest BCUT2D eigenvalue weighted by Gasteiger charge is -2.06. The van der Waals surface area contributed by atoms with E-state index >= 15 is 0 Å². The molecule has 5 N–H and O–H groups in total. The smallest absolute Gasteiger partial charge is 0.218 e. The van der Waals surface area contributed by atoms with E-state index in [1.807, 2.05) is 12.1 Å². The molecule has 1 aromatic rings. The summed E-state index contributed by atoms with van der Waals surface area (Å²) >= 11 is 0. The Hall–Kier alpha value is -1.04. The van der Waals surface area contributed by atoms with Gasteiger partial charge in [-0.05, 0) is 30.5 Å². The molecule has 0 unspecified atom stereocenters. The lowest BCUT2D eigenvalue weighted by atomic mass is 9.87. The molecule has 0 atom stereocenters. The average molecular weight is 249 g/mol. The first-order valence-corrected chi connectivity index (χ1v) is 6.72. The van der Waals surface area contributed by atoms with Gasteiger partial charge >= 0.3 is 0 Å². The van der Waals surface area contributed by atoms with Crippen LogP contribution < -0.4 is 21.7 Å². The molecule has 0 heterocycles. The Morgan fingerprint density at radius 3 is 2.56 bits per heavy atom. The number of ether oxygens (including phenoxy) is 1. The maximum Gasteiger partial charge on any atom is 0.218 e. The number of aryl methyl sites for hydroxylation is 1. The molecule has 0 aliphatic heterocycles. The maximum atomic E-state index is 5.44. The molecule has 0 aliphatic rings. The third-order valence-corrected chi connectivity index (χ3v) is 2.85. The highest BCUT2D eigenvalue weighted by Crippen LogP contribution is 2.14. The number of nitrogens with one attached hydrogen (secondary N) is 1. The topological polar surface area (TPSA) is 73.3 Å². The summed E-state index contributed by atoms with van der Waals surface area (Å²) < 4.78 is 5.44. The van der Waals surface area contributed by atoms with Gasteiger partial charge in [0.2, 0.25) is 7.41 Å². The predicted octanol–water partition coefficient (Wildman–Crippen LogP) is 0.970. The number of benzene rings is 1. The molecule has 0 fully saturated rings. The van der Waals surface area contributed by atoms with Crippen molar-refractivity contribution in [2.24, 2.45) is 11.6 Å². The number of hydrazine groups is 1. The van der Waals surface area contributed by atoms with Crippen molar-refractivity contribution in [3.05, 3.63) is 29.8 Å². The summed E-state index contributed by atoms with van der Waals surface area (Å²) in [7, 11) is 0.910. The van der Waals surface area contributed by atoms with Crippen molar-refractivity contribution in [3.63, 3.8) is 0 Å². The first-order valence-electron chi connectivity index (χ1n) is 6.72. The van der Waals surface area contributed by atoms with E-state index in [0.717, 1.165) is 25.9 Å². The van der Waals surface area contributed by atoms with E-state index in [4.69, 9.17) is 16.3 Å². The molecule has 0 spiro atoms. The second kappa shape index (κ2) is 9.94. The highest BCUT2D eigenvalue weighted by molar-refractivity contribution is 6.31. The first kappa shape index (κ1) is 15.0. The van der Waals surface area contributed by atoms with Gasteiger partial charge in [-0.25, -0.2) is 0 Å². The van der Waals surface area contributed by atoms with Crippen LogP contribution >= 0.6 is 0 Å². The highest BCUT2D eigenvalue weighted by atomic mass is 16.5. The van der Waals surface area contributed by atoms with Crippen molar-refractivity contribution in [1.82, 2.24) is 5.34 Å². The maximum absolute atomic E-state index is 5.44. The van der Waals surface area contributed by atoms with Crippen LogP contribution in [0.2, 0.25) is 6.32 Å². The molecular weight excluding hydrogens is 225 g/mol. The molecule has 0 radical (unpaired) electrons. The Bertz CT molecular complexity index is 306. The van der Waals surface area contributed by atoms with Gasteiger partial charge in [-0.15, -0.1) is 0 Å². The van der Waals surface area contributed by atoms with Gasteiger partial charge in [-0.3, -0.25) is 5.84 Å². The molecule has 5 heteroatoms. The van der Waals surface area contributed by atoms with Crippen LogP contribution in [0.4, 0.5) is 0 Å². The predicted molar refractivity (Wildman–Crippen MR) is 77.8 cm³/mol. The highest BCUT2D eigenvalue weighted by Gasteiger charge is 1.96. The number of rotatable bonds is 10. The van der Waals surface area contributed by atoms with Crippen LogP contribution in [0.25, 0.3) is 0 Å². The molecule has 0 amide bonds. The van der Waals surface area contributed by atoms with Crippen LogP contribution in [-0.4, -0.2) is 20.6 Å². The van der Waals surface area contributed by atoms with Gasteiger partial charge in [0.05, 0.1) is 0 Å². The van der Waals surface area contributed by atoms with Gasteiger partial charge in [0.25, 0.3) is 0 Å². The minimum Gasteiger partial charge on any atom is -0.492 e. The fraction of sp³-hybridized carbons (Fsp3) is 0.538. The van der Waals surface area contributed by atoms with Crippen molar-refractivity contribution in [2.75, 3.05) is 13.2 Å². The Labute approximate surface area is 110 Å². The fourth-order valence-corrected chi connectivity index (χ4v) is 1.84. The van der Waals surface area contributed by atoms with E-state index in [0.29, 0.717) is 13.2 Å². The Balaban J connectivity index is 2.14. The van der Waals surface area contributed by atoms with Crippen LogP contribution in [0.3, 0.4) is 0 Å². The summed E-state index contributed by atoms with van der Waals surface area (Å²) in [4.78, 5) is 0. The van der Waals surface area contributed by atoms with Crippen molar-refractivity contribution >= 4 is 7.41 Å². The van der Waals surface area contributed by atoms with Crippen molar-refractivity contribution in [1.29, 1.82) is 0 Å². The van der Waals surface area contributed by atoms with E-state index in [2.05, 4.69) is 17.5 Å². The SMILES string of the molecule is NCCOc1ccc(CCCCCBNN)cc1. The molecule has 1 aromatic carbocycles. The zero-order chi connectivity index (χ0) is 13.1. The first-order chi connectivity index (χ1) is 8.86.